The Morgan fingerprint density at radius 2 is 1.96 bits per heavy atom. The van der Waals surface area contributed by atoms with E-state index in [-0.39, 0.29) is 5.91 Å². The molecule has 2 N–H and O–H groups in total. The molecule has 0 unspecified atom stereocenters. The van der Waals surface area contributed by atoms with Gasteiger partial charge in [0.25, 0.3) is 5.91 Å². The molecule has 6 heteroatoms. The molecule has 0 bridgehead atoms. The smallest absolute Gasteiger partial charge is 0.291 e. The Morgan fingerprint density at radius 1 is 1.19 bits per heavy atom. The van der Waals surface area contributed by atoms with Gasteiger partial charge >= 0.3 is 0 Å². The summed E-state index contributed by atoms with van der Waals surface area (Å²) in [5.41, 5.74) is 5.86. The highest BCUT2D eigenvalue weighted by Gasteiger charge is 2.26. The van der Waals surface area contributed by atoms with E-state index >= 15 is 0 Å². The van der Waals surface area contributed by atoms with E-state index in [9.17, 15) is 4.79 Å². The average Bonchev–Trinajstić information content (AvgIpc) is 3.44. The number of aromatic nitrogens is 2. The second kappa shape index (κ2) is 7.86. The number of amides is 1. The van der Waals surface area contributed by atoms with Crippen molar-refractivity contribution in [3.8, 4) is 5.75 Å². The second-order valence-electron chi connectivity index (χ2n) is 6.53. The van der Waals surface area contributed by atoms with Crippen molar-refractivity contribution in [2.45, 2.75) is 25.4 Å². The Bertz CT molecular complexity index is 928. The summed E-state index contributed by atoms with van der Waals surface area (Å²) in [6.45, 7) is 0.525. The van der Waals surface area contributed by atoms with E-state index in [1.165, 1.54) is 0 Å². The molecule has 0 spiro atoms. The van der Waals surface area contributed by atoms with Crippen molar-refractivity contribution in [2.24, 2.45) is 5.10 Å². The molecule has 0 aliphatic heterocycles. The quantitative estimate of drug-likeness (QED) is 0.499. The standard InChI is InChI=1S/C21H20N4O2/c26-21(20-12-19(23-24-20)17-8-9-17)25-22-13-15-6-10-18(11-7-15)27-14-16-4-2-1-3-5-16/h1-7,10-13,17H,8-9,14H2,(H,23,24)(H,25,26). The maximum atomic E-state index is 12.0. The number of carbonyl (C=O) groups excluding carboxylic acids is 1. The highest BCUT2D eigenvalue weighted by atomic mass is 16.5. The Kier molecular flexibility index (Phi) is 4.96. The van der Waals surface area contributed by atoms with Gasteiger partial charge in [-0.05, 0) is 54.3 Å². The van der Waals surface area contributed by atoms with Crippen molar-refractivity contribution < 1.29 is 9.53 Å². The Morgan fingerprint density at radius 3 is 2.70 bits per heavy atom. The predicted octanol–water partition coefficient (Wildman–Crippen LogP) is 3.63. The average molecular weight is 360 g/mol. The largest absolute Gasteiger partial charge is 0.489 e. The summed E-state index contributed by atoms with van der Waals surface area (Å²) >= 11 is 0. The van der Waals surface area contributed by atoms with Gasteiger partial charge in [-0.3, -0.25) is 9.89 Å². The van der Waals surface area contributed by atoms with Crippen LogP contribution in [0.4, 0.5) is 0 Å². The van der Waals surface area contributed by atoms with Crippen LogP contribution in [0, 0.1) is 0 Å². The zero-order valence-electron chi connectivity index (χ0n) is 14.8. The number of H-pyrrole nitrogens is 1. The Balaban J connectivity index is 1.27. The lowest BCUT2D eigenvalue weighted by atomic mass is 10.2. The van der Waals surface area contributed by atoms with Crippen LogP contribution in [-0.4, -0.2) is 22.3 Å². The normalized spacial score (nSPS) is 13.6. The molecule has 4 rings (SSSR count). The van der Waals surface area contributed by atoms with Gasteiger partial charge in [-0.15, -0.1) is 0 Å². The van der Waals surface area contributed by atoms with Crippen molar-refractivity contribution >= 4 is 12.1 Å². The first-order valence-corrected chi connectivity index (χ1v) is 8.93. The molecule has 6 nitrogen and oxygen atoms in total. The third kappa shape index (κ3) is 4.61. The zero-order chi connectivity index (χ0) is 18.5. The van der Waals surface area contributed by atoms with Crippen LogP contribution in [0.25, 0.3) is 0 Å². The first kappa shape index (κ1) is 17.0. The molecule has 0 atom stereocenters. The van der Waals surface area contributed by atoms with Crippen LogP contribution >= 0.6 is 0 Å². The molecule has 0 saturated heterocycles. The van der Waals surface area contributed by atoms with Gasteiger partial charge in [0.05, 0.1) is 6.21 Å². The van der Waals surface area contributed by atoms with Gasteiger partial charge in [0.2, 0.25) is 0 Å². The maximum Gasteiger partial charge on any atom is 0.291 e. The molecule has 1 aliphatic carbocycles. The SMILES string of the molecule is O=C(NN=Cc1ccc(OCc2ccccc2)cc1)c1cc(C2CC2)[nH]n1. The summed E-state index contributed by atoms with van der Waals surface area (Å²) in [5, 5.41) is 10.9. The van der Waals surface area contributed by atoms with E-state index in [1.807, 2.05) is 54.6 Å². The van der Waals surface area contributed by atoms with Crippen molar-refractivity contribution in [3.05, 3.63) is 83.2 Å². The third-order valence-corrected chi connectivity index (χ3v) is 4.36. The van der Waals surface area contributed by atoms with Gasteiger partial charge in [0.15, 0.2) is 5.69 Å². The number of rotatable bonds is 7. The van der Waals surface area contributed by atoms with Crippen molar-refractivity contribution in [1.29, 1.82) is 0 Å². The predicted molar refractivity (Wildman–Crippen MR) is 103 cm³/mol. The number of nitrogens with zero attached hydrogens (tertiary/aromatic N) is 2. The monoisotopic (exact) mass is 360 g/mol. The van der Waals surface area contributed by atoms with Crippen molar-refractivity contribution in [1.82, 2.24) is 15.6 Å². The molecule has 27 heavy (non-hydrogen) atoms. The lowest BCUT2D eigenvalue weighted by Gasteiger charge is -2.06. The second-order valence-corrected chi connectivity index (χ2v) is 6.53. The summed E-state index contributed by atoms with van der Waals surface area (Å²) in [6, 6.07) is 19.3. The molecule has 1 heterocycles. The highest BCUT2D eigenvalue weighted by Crippen LogP contribution is 2.38. The minimum absolute atomic E-state index is 0.322. The molecule has 0 radical (unpaired) electrons. The molecular formula is C21H20N4O2. The van der Waals surface area contributed by atoms with Gasteiger partial charge < -0.3 is 4.74 Å². The summed E-state index contributed by atoms with van der Waals surface area (Å²) in [5.74, 6) is 0.992. The van der Waals surface area contributed by atoms with Crippen LogP contribution in [-0.2, 0) is 6.61 Å². The molecule has 1 saturated carbocycles. The van der Waals surface area contributed by atoms with Crippen LogP contribution in [0.1, 0.15) is 46.1 Å². The fraction of sp³-hybridized carbons (Fsp3) is 0.190. The van der Waals surface area contributed by atoms with E-state index in [0.717, 1.165) is 35.4 Å². The number of ether oxygens (including phenoxy) is 1. The molecule has 1 aromatic heterocycles. The molecule has 1 fully saturated rings. The van der Waals surface area contributed by atoms with Gasteiger partial charge in [-0.1, -0.05) is 30.3 Å². The molecule has 136 valence electrons. The molecule has 1 amide bonds. The van der Waals surface area contributed by atoms with E-state index in [2.05, 4.69) is 20.7 Å². The van der Waals surface area contributed by atoms with E-state index in [1.54, 1.807) is 12.3 Å². The Labute approximate surface area is 157 Å². The molecule has 1 aliphatic rings. The maximum absolute atomic E-state index is 12.0. The summed E-state index contributed by atoms with van der Waals surface area (Å²) < 4.78 is 5.75. The number of hydrogen-bond donors (Lipinski definition) is 2. The van der Waals surface area contributed by atoms with Crippen LogP contribution in [0.15, 0.2) is 65.8 Å². The topological polar surface area (TPSA) is 79.4 Å². The van der Waals surface area contributed by atoms with Crippen LogP contribution in [0.5, 0.6) is 5.75 Å². The van der Waals surface area contributed by atoms with Crippen LogP contribution < -0.4 is 10.2 Å². The number of nitrogens with one attached hydrogen (secondary N) is 2. The van der Waals surface area contributed by atoms with Gasteiger partial charge in [-0.25, -0.2) is 5.43 Å². The summed E-state index contributed by atoms with van der Waals surface area (Å²) in [4.78, 5) is 12.0. The molecule has 3 aromatic rings. The minimum atomic E-state index is -0.322. The van der Waals surface area contributed by atoms with E-state index in [0.29, 0.717) is 18.2 Å². The fourth-order valence-corrected chi connectivity index (χ4v) is 2.67. The van der Waals surface area contributed by atoms with Crippen molar-refractivity contribution in [2.75, 3.05) is 0 Å². The number of benzene rings is 2. The number of aromatic amines is 1. The zero-order valence-corrected chi connectivity index (χ0v) is 14.8. The van der Waals surface area contributed by atoms with Crippen LogP contribution in [0.2, 0.25) is 0 Å². The van der Waals surface area contributed by atoms with Crippen LogP contribution in [0.3, 0.4) is 0 Å². The number of carbonyl (C=O) groups is 1. The highest BCUT2D eigenvalue weighted by molar-refractivity contribution is 5.93. The van der Waals surface area contributed by atoms with Crippen molar-refractivity contribution in [3.63, 3.8) is 0 Å². The lowest BCUT2D eigenvalue weighted by Crippen LogP contribution is -2.18. The number of hydrogen-bond acceptors (Lipinski definition) is 4. The van der Waals surface area contributed by atoms with Gasteiger partial charge in [0, 0.05) is 11.6 Å². The minimum Gasteiger partial charge on any atom is -0.489 e. The van der Waals surface area contributed by atoms with E-state index in [4.69, 9.17) is 4.74 Å². The Hall–Kier alpha value is -3.41. The fourth-order valence-electron chi connectivity index (χ4n) is 2.67. The first-order valence-electron chi connectivity index (χ1n) is 8.93. The van der Waals surface area contributed by atoms with E-state index < -0.39 is 0 Å². The molecular weight excluding hydrogens is 340 g/mol. The number of hydrazone groups is 1. The third-order valence-electron chi connectivity index (χ3n) is 4.36. The molecule has 2 aromatic carbocycles. The first-order chi connectivity index (χ1) is 13.3. The van der Waals surface area contributed by atoms with Gasteiger partial charge in [0.1, 0.15) is 12.4 Å². The summed E-state index contributed by atoms with van der Waals surface area (Å²) in [6.07, 6.45) is 3.91. The lowest BCUT2D eigenvalue weighted by molar-refractivity contribution is 0.0950. The van der Waals surface area contributed by atoms with Gasteiger partial charge in [-0.2, -0.15) is 10.2 Å². The summed E-state index contributed by atoms with van der Waals surface area (Å²) in [7, 11) is 0.